The summed E-state index contributed by atoms with van der Waals surface area (Å²) in [6.45, 7) is 7.75. The van der Waals surface area contributed by atoms with Crippen LogP contribution in [0.25, 0.3) is 22.3 Å². The van der Waals surface area contributed by atoms with E-state index in [-0.39, 0.29) is 17.2 Å². The minimum atomic E-state index is -1.08. The number of rotatable bonds is 12. The van der Waals surface area contributed by atoms with Crippen molar-refractivity contribution in [1.29, 1.82) is 0 Å². The van der Waals surface area contributed by atoms with Crippen LogP contribution in [0.4, 0.5) is 18.4 Å². The molecule has 0 unspecified atom stereocenters. The molecule has 0 heterocycles. The van der Waals surface area contributed by atoms with Crippen molar-refractivity contribution < 1.29 is 51.5 Å². The van der Waals surface area contributed by atoms with Crippen LogP contribution >= 0.6 is 0 Å². The summed E-state index contributed by atoms with van der Waals surface area (Å²) in [5, 5.41) is 0. The SMILES string of the molecule is COC(=O)Oc1ccc(C(C)(C)c2ccc(OC(=O)Oc3ccc(-c4ccc(Oc5cccc(Oc6ccc(-c7ccc(OC)c(F)c7)cc6)c5)cc4)cc3F)c(C)c2)cc1C. The van der Waals surface area contributed by atoms with E-state index in [1.807, 2.05) is 49.4 Å². The Morgan fingerprint density at radius 2 is 0.871 bits per heavy atom. The van der Waals surface area contributed by atoms with Gasteiger partial charge in [-0.05, 0) is 131 Å². The molecule has 0 N–H and O–H groups in total. The summed E-state index contributed by atoms with van der Waals surface area (Å²) in [5.74, 6) is 1.64. The molecule has 7 rings (SSSR count). The van der Waals surface area contributed by atoms with Crippen LogP contribution in [0.15, 0.2) is 146 Å². The molecule has 7 aromatic rings. The number of hydrogen-bond donors (Lipinski definition) is 0. The summed E-state index contributed by atoms with van der Waals surface area (Å²) < 4.78 is 67.2. The average Bonchev–Trinajstić information content (AvgIpc) is 3.26. The van der Waals surface area contributed by atoms with E-state index in [0.29, 0.717) is 51.0 Å². The van der Waals surface area contributed by atoms with Crippen LogP contribution in [0.3, 0.4) is 0 Å². The van der Waals surface area contributed by atoms with Crippen LogP contribution in [0.1, 0.15) is 36.1 Å². The van der Waals surface area contributed by atoms with Crippen LogP contribution in [-0.2, 0) is 10.2 Å². The van der Waals surface area contributed by atoms with Crippen molar-refractivity contribution in [2.75, 3.05) is 14.2 Å². The fraction of sp³-hybridized carbons (Fsp3) is 0.137. The Labute approximate surface area is 358 Å². The first kappa shape index (κ1) is 42.5. The maximum absolute atomic E-state index is 15.3. The van der Waals surface area contributed by atoms with Gasteiger partial charge in [0.05, 0.1) is 14.2 Å². The Kier molecular flexibility index (Phi) is 12.5. The number of aryl methyl sites for hydroxylation is 2. The molecule has 0 spiro atoms. The van der Waals surface area contributed by atoms with E-state index < -0.39 is 29.4 Å². The van der Waals surface area contributed by atoms with Gasteiger partial charge in [0.1, 0.15) is 34.5 Å². The minimum absolute atomic E-state index is 0.185. The molecule has 11 heteroatoms. The summed E-state index contributed by atoms with van der Waals surface area (Å²) in [6.07, 6.45) is -1.88. The molecular formula is C51H42F2O9. The summed E-state index contributed by atoms with van der Waals surface area (Å²) in [7, 11) is 2.68. The molecule has 0 bridgehead atoms. The highest BCUT2D eigenvalue weighted by molar-refractivity contribution is 5.70. The molecule has 0 aliphatic rings. The second kappa shape index (κ2) is 18.3. The molecule has 7 aromatic carbocycles. The summed E-state index contributed by atoms with van der Waals surface area (Å²) in [5.41, 5.74) is 5.71. The van der Waals surface area contributed by atoms with Crippen LogP contribution in [-0.4, -0.2) is 26.5 Å². The second-order valence-corrected chi connectivity index (χ2v) is 14.8. The molecule has 0 radical (unpaired) electrons. The molecule has 9 nitrogen and oxygen atoms in total. The first-order chi connectivity index (χ1) is 29.8. The third kappa shape index (κ3) is 9.85. The van der Waals surface area contributed by atoms with Gasteiger partial charge in [-0.2, -0.15) is 0 Å². The van der Waals surface area contributed by atoms with Gasteiger partial charge in [0.25, 0.3) is 0 Å². The third-order valence-corrected chi connectivity index (χ3v) is 10.3. The first-order valence-corrected chi connectivity index (χ1v) is 19.5. The molecule has 0 aliphatic heterocycles. The molecule has 0 saturated heterocycles. The highest BCUT2D eigenvalue weighted by Crippen LogP contribution is 2.37. The van der Waals surface area contributed by atoms with Crippen LogP contribution in [0, 0.1) is 25.5 Å². The second-order valence-electron chi connectivity index (χ2n) is 14.8. The maximum atomic E-state index is 15.3. The van der Waals surface area contributed by atoms with Crippen molar-refractivity contribution in [1.82, 2.24) is 0 Å². The van der Waals surface area contributed by atoms with Crippen molar-refractivity contribution in [3.63, 3.8) is 0 Å². The number of benzene rings is 7. The first-order valence-electron chi connectivity index (χ1n) is 19.5. The van der Waals surface area contributed by atoms with Gasteiger partial charge in [-0.1, -0.05) is 80.6 Å². The van der Waals surface area contributed by atoms with E-state index in [9.17, 15) is 14.0 Å². The lowest BCUT2D eigenvalue weighted by Gasteiger charge is -2.27. The molecular weight excluding hydrogens is 795 g/mol. The van der Waals surface area contributed by atoms with Crippen molar-refractivity contribution in [3.05, 3.63) is 179 Å². The molecule has 0 saturated carbocycles. The van der Waals surface area contributed by atoms with Gasteiger partial charge in [0.15, 0.2) is 23.1 Å². The summed E-state index contributed by atoms with van der Waals surface area (Å²) in [6, 6.07) is 41.6. The Balaban J connectivity index is 0.936. The van der Waals surface area contributed by atoms with E-state index in [0.717, 1.165) is 22.3 Å². The van der Waals surface area contributed by atoms with Crippen LogP contribution in [0.5, 0.6) is 46.0 Å². The van der Waals surface area contributed by atoms with E-state index in [1.165, 1.54) is 32.4 Å². The van der Waals surface area contributed by atoms with Gasteiger partial charge in [-0.3, -0.25) is 0 Å². The van der Waals surface area contributed by atoms with Gasteiger partial charge in [0.2, 0.25) is 0 Å². The monoisotopic (exact) mass is 836 g/mol. The normalized spacial score (nSPS) is 11.0. The lowest BCUT2D eigenvalue weighted by Crippen LogP contribution is -2.20. The molecule has 314 valence electrons. The smallest absolute Gasteiger partial charge is 0.494 e. The fourth-order valence-corrected chi connectivity index (χ4v) is 6.72. The van der Waals surface area contributed by atoms with Crippen LogP contribution in [0.2, 0.25) is 0 Å². The fourth-order valence-electron chi connectivity index (χ4n) is 6.72. The number of hydrogen-bond acceptors (Lipinski definition) is 9. The number of carbonyl (C=O) groups excluding carboxylic acids is 2. The number of carbonyl (C=O) groups is 2. The molecule has 62 heavy (non-hydrogen) atoms. The van der Waals surface area contributed by atoms with Crippen LogP contribution < -0.4 is 28.4 Å². The van der Waals surface area contributed by atoms with Crippen molar-refractivity contribution in [3.8, 4) is 68.2 Å². The highest BCUT2D eigenvalue weighted by Gasteiger charge is 2.26. The standard InChI is InChI=1S/C51H42F2O9/c1-31-26-37(16-24-45(31)60-49(54)57-6)51(3,4)38-17-25-46(32(2)27-38)61-50(55)62-48-23-15-36(29-44(48)53)34-12-20-40(21-13-34)59-42-9-7-8-41(30-42)58-39-18-10-33(11-19-39)35-14-22-47(56-5)43(52)28-35/h7-30H,1-6H3. The van der Waals surface area contributed by atoms with E-state index in [4.69, 9.17) is 28.4 Å². The lowest BCUT2D eigenvalue weighted by atomic mass is 9.77. The molecule has 0 fully saturated rings. The lowest BCUT2D eigenvalue weighted by molar-refractivity contribution is 0.121. The van der Waals surface area contributed by atoms with Crippen molar-refractivity contribution in [2.45, 2.75) is 33.1 Å². The molecule has 0 aromatic heterocycles. The summed E-state index contributed by atoms with van der Waals surface area (Å²) in [4.78, 5) is 24.4. The number of ether oxygens (including phenoxy) is 7. The zero-order chi connectivity index (χ0) is 44.0. The predicted octanol–water partition coefficient (Wildman–Crippen LogP) is 13.6. The Morgan fingerprint density at radius 1 is 0.452 bits per heavy atom. The highest BCUT2D eigenvalue weighted by atomic mass is 19.1. The zero-order valence-electron chi connectivity index (χ0n) is 34.8. The third-order valence-electron chi connectivity index (χ3n) is 10.3. The summed E-state index contributed by atoms with van der Waals surface area (Å²) >= 11 is 0. The Bertz CT molecular complexity index is 2750. The van der Waals surface area contributed by atoms with Crippen molar-refractivity contribution in [2.24, 2.45) is 0 Å². The maximum Gasteiger partial charge on any atom is 0.519 e. The topological polar surface area (TPSA) is 98.8 Å². The quantitative estimate of drug-likeness (QED) is 0.0880. The Morgan fingerprint density at radius 3 is 1.31 bits per heavy atom. The average molecular weight is 837 g/mol. The van der Waals surface area contributed by atoms with Gasteiger partial charge in [0, 0.05) is 11.5 Å². The predicted molar refractivity (Wildman–Crippen MR) is 231 cm³/mol. The minimum Gasteiger partial charge on any atom is -0.494 e. The molecule has 0 amide bonds. The van der Waals surface area contributed by atoms with E-state index >= 15 is 4.39 Å². The van der Waals surface area contributed by atoms with E-state index in [2.05, 4.69) is 18.6 Å². The number of halogens is 2. The largest absolute Gasteiger partial charge is 0.519 e. The molecule has 0 aliphatic carbocycles. The number of methoxy groups -OCH3 is 2. The zero-order valence-corrected chi connectivity index (χ0v) is 34.8. The van der Waals surface area contributed by atoms with Gasteiger partial charge >= 0.3 is 12.3 Å². The molecule has 0 atom stereocenters. The van der Waals surface area contributed by atoms with Crippen molar-refractivity contribution >= 4 is 12.3 Å². The van der Waals surface area contributed by atoms with Gasteiger partial charge in [-0.25, -0.2) is 18.4 Å². The van der Waals surface area contributed by atoms with E-state index in [1.54, 1.807) is 91.9 Å². The van der Waals surface area contributed by atoms with Gasteiger partial charge in [-0.15, -0.1) is 0 Å². The Hall–Kier alpha value is -7.66. The van der Waals surface area contributed by atoms with Gasteiger partial charge < -0.3 is 33.2 Å².